The highest BCUT2D eigenvalue weighted by Gasteiger charge is 2.16. The molecule has 2 N–H and O–H groups in total. The molecular weight excluding hydrogens is 336 g/mol. The first kappa shape index (κ1) is 17.5. The summed E-state index contributed by atoms with van der Waals surface area (Å²) in [6.45, 7) is 3.35. The predicted octanol–water partition coefficient (Wildman–Crippen LogP) is 2.87. The third kappa shape index (κ3) is 4.54. The smallest absolute Gasteiger partial charge is 0.241 e. The summed E-state index contributed by atoms with van der Waals surface area (Å²) in [5.41, 5.74) is 2.28. The Kier molecular flexibility index (Phi) is 5.41. The summed E-state index contributed by atoms with van der Waals surface area (Å²) in [6, 6.07) is 11.5. The Morgan fingerprint density at radius 3 is 2.39 bits per heavy atom. The number of sulfonamides is 1. The van der Waals surface area contributed by atoms with Gasteiger partial charge in [-0.3, -0.25) is 4.79 Å². The Morgan fingerprint density at radius 2 is 1.78 bits per heavy atom. The standard InChI is InChI=1S/C16H17ClN2O3S/c1-11-8-12(2)16(14(17)9-11)19-15(20)10-18-23(21,22)13-6-4-3-5-7-13/h3-9,18H,10H2,1-2H3,(H,19,20). The fraction of sp³-hybridized carbons (Fsp3) is 0.188. The molecule has 0 unspecified atom stereocenters. The maximum absolute atomic E-state index is 12.1. The molecule has 0 radical (unpaired) electrons. The zero-order chi connectivity index (χ0) is 17.0. The van der Waals surface area contributed by atoms with Crippen LogP contribution in [0.15, 0.2) is 47.4 Å². The molecule has 5 nitrogen and oxygen atoms in total. The average molecular weight is 353 g/mol. The van der Waals surface area contributed by atoms with Gasteiger partial charge in [0.1, 0.15) is 0 Å². The third-order valence-corrected chi connectivity index (χ3v) is 4.89. The number of nitrogens with one attached hydrogen (secondary N) is 2. The molecule has 23 heavy (non-hydrogen) atoms. The first-order valence-electron chi connectivity index (χ1n) is 6.91. The highest BCUT2D eigenvalue weighted by atomic mass is 35.5. The minimum Gasteiger partial charge on any atom is -0.323 e. The molecule has 122 valence electrons. The van der Waals surface area contributed by atoms with Crippen molar-refractivity contribution in [3.63, 3.8) is 0 Å². The number of rotatable bonds is 5. The number of anilines is 1. The molecule has 0 saturated heterocycles. The largest absolute Gasteiger partial charge is 0.323 e. The molecule has 1 amide bonds. The van der Waals surface area contributed by atoms with E-state index >= 15 is 0 Å². The summed E-state index contributed by atoms with van der Waals surface area (Å²) in [5, 5.41) is 3.05. The number of carbonyl (C=O) groups is 1. The molecule has 2 aromatic rings. The monoisotopic (exact) mass is 352 g/mol. The summed E-state index contributed by atoms with van der Waals surface area (Å²) in [4.78, 5) is 12.1. The van der Waals surface area contributed by atoms with Crippen molar-refractivity contribution in [2.45, 2.75) is 18.7 Å². The molecule has 7 heteroatoms. The number of amides is 1. The lowest BCUT2D eigenvalue weighted by Crippen LogP contribution is -2.33. The van der Waals surface area contributed by atoms with Crippen LogP contribution >= 0.6 is 11.6 Å². The summed E-state index contributed by atoms with van der Waals surface area (Å²) in [5.74, 6) is -0.488. The van der Waals surface area contributed by atoms with Crippen molar-refractivity contribution in [1.82, 2.24) is 4.72 Å². The Morgan fingerprint density at radius 1 is 1.13 bits per heavy atom. The second-order valence-electron chi connectivity index (χ2n) is 5.12. The lowest BCUT2D eigenvalue weighted by Gasteiger charge is -2.12. The molecule has 0 saturated carbocycles. The van der Waals surface area contributed by atoms with Crippen molar-refractivity contribution in [3.05, 3.63) is 58.6 Å². The second-order valence-corrected chi connectivity index (χ2v) is 7.30. The van der Waals surface area contributed by atoms with Crippen LogP contribution in [0.3, 0.4) is 0 Å². The first-order valence-corrected chi connectivity index (χ1v) is 8.77. The summed E-state index contributed by atoms with van der Waals surface area (Å²) < 4.78 is 26.4. The number of carbonyl (C=O) groups excluding carboxylic acids is 1. The zero-order valence-corrected chi connectivity index (χ0v) is 14.3. The molecule has 0 aromatic heterocycles. The van der Waals surface area contributed by atoms with Crippen molar-refractivity contribution >= 4 is 33.2 Å². The highest BCUT2D eigenvalue weighted by molar-refractivity contribution is 7.89. The van der Waals surface area contributed by atoms with Gasteiger partial charge in [-0.25, -0.2) is 13.1 Å². The van der Waals surface area contributed by atoms with E-state index in [1.807, 2.05) is 19.9 Å². The van der Waals surface area contributed by atoms with E-state index in [1.165, 1.54) is 12.1 Å². The van der Waals surface area contributed by atoms with Gasteiger partial charge in [0.15, 0.2) is 0 Å². The number of aryl methyl sites for hydroxylation is 2. The van der Waals surface area contributed by atoms with Crippen LogP contribution in [-0.2, 0) is 14.8 Å². The molecule has 2 aromatic carbocycles. The normalized spacial score (nSPS) is 11.3. The summed E-state index contributed by atoms with van der Waals surface area (Å²) >= 11 is 6.11. The Hall–Kier alpha value is -1.89. The molecule has 0 aliphatic heterocycles. The third-order valence-electron chi connectivity index (χ3n) is 3.17. The van der Waals surface area contributed by atoms with E-state index < -0.39 is 15.9 Å². The Balaban J connectivity index is 2.04. The Bertz CT molecular complexity index is 797. The van der Waals surface area contributed by atoms with Crippen LogP contribution in [0.5, 0.6) is 0 Å². The van der Waals surface area contributed by atoms with Gasteiger partial charge >= 0.3 is 0 Å². The van der Waals surface area contributed by atoms with Gasteiger partial charge in [-0.2, -0.15) is 0 Å². The van der Waals surface area contributed by atoms with Gasteiger partial charge in [-0.05, 0) is 43.2 Å². The number of benzene rings is 2. The van der Waals surface area contributed by atoms with Crippen LogP contribution in [0, 0.1) is 13.8 Å². The fourth-order valence-electron chi connectivity index (χ4n) is 2.10. The highest BCUT2D eigenvalue weighted by Crippen LogP contribution is 2.27. The van der Waals surface area contributed by atoms with Crippen LogP contribution < -0.4 is 10.0 Å². The Labute approximate surface area is 140 Å². The SMILES string of the molecule is Cc1cc(C)c(NC(=O)CNS(=O)(=O)c2ccccc2)c(Cl)c1. The van der Waals surface area contributed by atoms with Crippen molar-refractivity contribution in [1.29, 1.82) is 0 Å². The molecule has 2 rings (SSSR count). The minimum atomic E-state index is -3.72. The van der Waals surface area contributed by atoms with E-state index in [-0.39, 0.29) is 11.4 Å². The van der Waals surface area contributed by atoms with Crippen LogP contribution in [0.2, 0.25) is 5.02 Å². The van der Waals surface area contributed by atoms with E-state index in [0.29, 0.717) is 10.7 Å². The summed E-state index contributed by atoms with van der Waals surface area (Å²) in [6.07, 6.45) is 0. The average Bonchev–Trinajstić information content (AvgIpc) is 2.50. The lowest BCUT2D eigenvalue weighted by atomic mass is 10.1. The molecule has 0 aliphatic carbocycles. The number of hydrogen-bond donors (Lipinski definition) is 2. The van der Waals surface area contributed by atoms with Crippen LogP contribution in [-0.4, -0.2) is 20.9 Å². The quantitative estimate of drug-likeness (QED) is 0.868. The van der Waals surface area contributed by atoms with Gasteiger partial charge in [-0.1, -0.05) is 35.9 Å². The first-order chi connectivity index (χ1) is 10.8. The minimum absolute atomic E-state index is 0.109. The van der Waals surface area contributed by atoms with E-state index in [1.54, 1.807) is 24.3 Å². The molecule has 0 atom stereocenters. The number of halogens is 1. The molecule has 0 aliphatic rings. The van der Waals surface area contributed by atoms with Crippen LogP contribution in [0.1, 0.15) is 11.1 Å². The van der Waals surface area contributed by atoms with Crippen LogP contribution in [0.25, 0.3) is 0 Å². The van der Waals surface area contributed by atoms with Gasteiger partial charge in [-0.15, -0.1) is 0 Å². The lowest BCUT2D eigenvalue weighted by molar-refractivity contribution is -0.115. The topological polar surface area (TPSA) is 75.3 Å². The fourth-order valence-corrected chi connectivity index (χ4v) is 3.47. The van der Waals surface area contributed by atoms with Gasteiger partial charge in [0.05, 0.1) is 22.2 Å². The van der Waals surface area contributed by atoms with Crippen LogP contribution in [0.4, 0.5) is 5.69 Å². The molecule has 0 spiro atoms. The van der Waals surface area contributed by atoms with E-state index in [2.05, 4.69) is 10.0 Å². The van der Waals surface area contributed by atoms with Crippen molar-refractivity contribution in [2.75, 3.05) is 11.9 Å². The number of hydrogen-bond acceptors (Lipinski definition) is 3. The zero-order valence-electron chi connectivity index (χ0n) is 12.8. The van der Waals surface area contributed by atoms with E-state index in [9.17, 15) is 13.2 Å². The van der Waals surface area contributed by atoms with E-state index in [0.717, 1.165) is 11.1 Å². The van der Waals surface area contributed by atoms with Gasteiger partial charge in [0.2, 0.25) is 15.9 Å². The maximum atomic E-state index is 12.1. The molecular formula is C16H17ClN2O3S. The van der Waals surface area contributed by atoms with Crippen molar-refractivity contribution in [2.24, 2.45) is 0 Å². The van der Waals surface area contributed by atoms with E-state index in [4.69, 9.17) is 11.6 Å². The maximum Gasteiger partial charge on any atom is 0.241 e. The predicted molar refractivity (Wildman–Crippen MR) is 91.2 cm³/mol. The van der Waals surface area contributed by atoms with Gasteiger partial charge in [0.25, 0.3) is 0 Å². The van der Waals surface area contributed by atoms with Gasteiger partial charge < -0.3 is 5.32 Å². The molecule has 0 fully saturated rings. The van der Waals surface area contributed by atoms with Crippen molar-refractivity contribution < 1.29 is 13.2 Å². The van der Waals surface area contributed by atoms with Crippen molar-refractivity contribution in [3.8, 4) is 0 Å². The molecule has 0 heterocycles. The second kappa shape index (κ2) is 7.12. The summed E-state index contributed by atoms with van der Waals surface area (Å²) in [7, 11) is -3.72. The van der Waals surface area contributed by atoms with Gasteiger partial charge in [0, 0.05) is 0 Å². The molecule has 0 bridgehead atoms.